The maximum Gasteiger partial charge on any atom is 0.309 e. The van der Waals surface area contributed by atoms with Crippen LogP contribution in [0.25, 0.3) is 0 Å². The average molecular weight is 1130 g/mol. The standard InChI is InChI=1S/C70H118NO8P/c1-6-8-10-12-14-16-18-20-22-23-24-25-26-27-28-29-30-31-32-33-34-35-36-37-38-39-40-41-42-43-44-45-46-47-49-51-53-55-57-59-61-63-70(73)79-68(67-78-80(74,75)77-65-64-71(3,4)5)66-76-69(72)62-60-58-56-54-52-50-48-21-19-17-15-13-11-9-7-2/h8-11,14-17,20-22,24-25,27-28,30-31,48,52,54,58,60,68H,6-7,12-13,18-19,23,26,29,32-47,49-51,53,55-57,59,61-67H2,1-5H3/b10-8-,11-9-,16-14-,17-15-,22-20-,25-24-,28-27-,31-30-,48-21-,54-52-,60-58-. The van der Waals surface area contributed by atoms with Gasteiger partial charge < -0.3 is 27.9 Å². The highest BCUT2D eigenvalue weighted by Crippen LogP contribution is 2.38. The van der Waals surface area contributed by atoms with Gasteiger partial charge in [-0.25, -0.2) is 0 Å². The van der Waals surface area contributed by atoms with Crippen LogP contribution in [0.5, 0.6) is 0 Å². The van der Waals surface area contributed by atoms with Crippen molar-refractivity contribution in [2.75, 3.05) is 47.5 Å². The van der Waals surface area contributed by atoms with E-state index in [1.54, 1.807) is 6.08 Å². The van der Waals surface area contributed by atoms with Crippen LogP contribution >= 0.6 is 7.82 Å². The van der Waals surface area contributed by atoms with E-state index in [-0.39, 0.29) is 26.1 Å². The van der Waals surface area contributed by atoms with Crippen LogP contribution in [0.15, 0.2) is 134 Å². The summed E-state index contributed by atoms with van der Waals surface area (Å²) in [5.74, 6) is -0.982. The summed E-state index contributed by atoms with van der Waals surface area (Å²) in [6.45, 7) is 3.89. The number of phosphoric acid groups is 1. The molecule has 10 heteroatoms. The second kappa shape index (κ2) is 59.8. The number of esters is 2. The number of quaternary nitrogens is 1. The molecule has 0 fully saturated rings. The highest BCUT2D eigenvalue weighted by atomic mass is 31.2. The number of carbonyl (C=O) groups excluding carboxylic acids is 2. The van der Waals surface area contributed by atoms with Gasteiger partial charge >= 0.3 is 11.9 Å². The third-order valence-corrected chi connectivity index (χ3v) is 14.2. The Hall–Kier alpha value is -3.85. The van der Waals surface area contributed by atoms with Crippen molar-refractivity contribution >= 4 is 19.8 Å². The van der Waals surface area contributed by atoms with E-state index in [1.807, 2.05) is 33.3 Å². The first-order valence-electron chi connectivity index (χ1n) is 31.9. The van der Waals surface area contributed by atoms with E-state index >= 15 is 0 Å². The molecule has 0 spiro atoms. The van der Waals surface area contributed by atoms with Crippen molar-refractivity contribution in [2.45, 2.75) is 251 Å². The Balaban J connectivity index is 3.98. The summed E-state index contributed by atoms with van der Waals surface area (Å²) in [5.41, 5.74) is 0. The fourth-order valence-electron chi connectivity index (χ4n) is 8.38. The van der Waals surface area contributed by atoms with Gasteiger partial charge in [-0.3, -0.25) is 14.2 Å². The summed E-state index contributed by atoms with van der Waals surface area (Å²) >= 11 is 0. The molecule has 456 valence electrons. The molecule has 0 aromatic carbocycles. The minimum atomic E-state index is -4.66. The summed E-state index contributed by atoms with van der Waals surface area (Å²) < 4.78 is 34.0. The Morgan fingerprint density at radius 3 is 1.06 bits per heavy atom. The third-order valence-electron chi connectivity index (χ3n) is 13.2. The number of phosphoric ester groups is 1. The van der Waals surface area contributed by atoms with Crippen LogP contribution in [0, 0.1) is 0 Å². The molecule has 0 aliphatic carbocycles. The second-order valence-electron chi connectivity index (χ2n) is 22.0. The van der Waals surface area contributed by atoms with Crippen molar-refractivity contribution in [1.82, 2.24) is 0 Å². The molecule has 0 aliphatic heterocycles. The fraction of sp³-hybridized carbons (Fsp3) is 0.657. The quantitative estimate of drug-likeness (QED) is 0.0195. The molecule has 0 heterocycles. The Morgan fingerprint density at radius 2 is 0.713 bits per heavy atom. The lowest BCUT2D eigenvalue weighted by Gasteiger charge is -2.28. The molecule has 80 heavy (non-hydrogen) atoms. The van der Waals surface area contributed by atoms with E-state index in [4.69, 9.17) is 18.5 Å². The molecule has 0 radical (unpaired) electrons. The normalized spacial score (nSPS) is 14.1. The molecular weight excluding hydrogens is 1010 g/mol. The summed E-state index contributed by atoms with van der Waals surface area (Å²) in [6, 6.07) is 0. The minimum absolute atomic E-state index is 0.0408. The number of hydrogen-bond donors (Lipinski definition) is 0. The van der Waals surface area contributed by atoms with Crippen LogP contribution in [-0.4, -0.2) is 70.0 Å². The van der Waals surface area contributed by atoms with E-state index in [1.165, 1.54) is 122 Å². The Labute approximate surface area is 491 Å². The van der Waals surface area contributed by atoms with Gasteiger partial charge in [0.2, 0.25) is 0 Å². The molecule has 0 aromatic rings. The van der Waals surface area contributed by atoms with Crippen LogP contribution in [0.2, 0.25) is 0 Å². The molecule has 0 saturated heterocycles. The third kappa shape index (κ3) is 63.3. The van der Waals surface area contributed by atoms with Crippen molar-refractivity contribution in [1.29, 1.82) is 0 Å². The van der Waals surface area contributed by atoms with Gasteiger partial charge in [-0.1, -0.05) is 276 Å². The van der Waals surface area contributed by atoms with Crippen molar-refractivity contribution in [3.05, 3.63) is 134 Å². The zero-order valence-corrected chi connectivity index (χ0v) is 52.6. The van der Waals surface area contributed by atoms with Gasteiger partial charge in [0.15, 0.2) is 6.10 Å². The van der Waals surface area contributed by atoms with Gasteiger partial charge in [-0.2, -0.15) is 0 Å². The van der Waals surface area contributed by atoms with Crippen molar-refractivity contribution in [3.8, 4) is 0 Å². The minimum Gasteiger partial charge on any atom is -0.756 e. The molecule has 0 aromatic heterocycles. The fourth-order valence-corrected chi connectivity index (χ4v) is 9.11. The first kappa shape index (κ1) is 76.1. The van der Waals surface area contributed by atoms with Gasteiger partial charge in [0.05, 0.1) is 34.2 Å². The molecule has 2 atom stereocenters. The predicted molar refractivity (Wildman–Crippen MR) is 341 cm³/mol. The molecule has 0 rings (SSSR count). The molecule has 2 unspecified atom stereocenters. The highest BCUT2D eigenvalue weighted by Gasteiger charge is 2.21. The van der Waals surface area contributed by atoms with Crippen molar-refractivity contribution in [2.24, 2.45) is 0 Å². The van der Waals surface area contributed by atoms with Crippen molar-refractivity contribution < 1.29 is 42.1 Å². The van der Waals surface area contributed by atoms with Crippen LogP contribution in [0.3, 0.4) is 0 Å². The topological polar surface area (TPSA) is 111 Å². The van der Waals surface area contributed by atoms with E-state index in [0.29, 0.717) is 23.9 Å². The molecule has 9 nitrogen and oxygen atoms in total. The zero-order valence-electron chi connectivity index (χ0n) is 51.7. The number of allylic oxidation sites excluding steroid dienone is 21. The average Bonchev–Trinajstić information content (AvgIpc) is 3.42. The van der Waals surface area contributed by atoms with E-state index in [9.17, 15) is 19.0 Å². The largest absolute Gasteiger partial charge is 0.756 e. The van der Waals surface area contributed by atoms with Gasteiger partial charge in [-0.15, -0.1) is 0 Å². The van der Waals surface area contributed by atoms with Crippen LogP contribution < -0.4 is 4.89 Å². The predicted octanol–water partition coefficient (Wildman–Crippen LogP) is 19.9. The van der Waals surface area contributed by atoms with Gasteiger partial charge in [0.25, 0.3) is 7.82 Å². The van der Waals surface area contributed by atoms with Crippen molar-refractivity contribution in [3.63, 3.8) is 0 Å². The molecular formula is C70H118NO8P. The lowest BCUT2D eigenvalue weighted by atomic mass is 10.0. The number of nitrogens with zero attached hydrogens (tertiary/aromatic N) is 1. The van der Waals surface area contributed by atoms with Crippen LogP contribution in [-0.2, 0) is 32.7 Å². The summed E-state index contributed by atoms with van der Waals surface area (Å²) in [4.78, 5) is 37.8. The Morgan fingerprint density at radius 1 is 0.400 bits per heavy atom. The summed E-state index contributed by atoms with van der Waals surface area (Å²) in [6.07, 6.45) is 87.2. The van der Waals surface area contributed by atoms with Gasteiger partial charge in [0, 0.05) is 6.42 Å². The second-order valence-corrected chi connectivity index (χ2v) is 23.4. The molecule has 0 amide bonds. The molecule has 0 bridgehead atoms. The number of likely N-dealkylation sites (N-methyl/N-ethyl adjacent to an activating group) is 1. The first-order valence-corrected chi connectivity index (χ1v) is 33.4. The van der Waals surface area contributed by atoms with Crippen LogP contribution in [0.4, 0.5) is 0 Å². The number of carbonyl (C=O) groups is 2. The van der Waals surface area contributed by atoms with E-state index in [2.05, 4.69) is 129 Å². The Kier molecular flexibility index (Phi) is 56.9. The highest BCUT2D eigenvalue weighted by molar-refractivity contribution is 7.45. The number of hydrogen-bond acceptors (Lipinski definition) is 8. The number of ether oxygens (including phenoxy) is 2. The Bertz CT molecular complexity index is 1810. The molecule has 0 saturated carbocycles. The maximum absolute atomic E-state index is 12.8. The van der Waals surface area contributed by atoms with Crippen LogP contribution in [0.1, 0.15) is 245 Å². The maximum atomic E-state index is 12.8. The zero-order chi connectivity index (χ0) is 58.4. The molecule has 0 N–H and O–H groups in total. The lowest BCUT2D eigenvalue weighted by Crippen LogP contribution is -2.37. The van der Waals surface area contributed by atoms with E-state index in [0.717, 1.165) is 83.5 Å². The summed E-state index contributed by atoms with van der Waals surface area (Å²) in [5, 5.41) is 0. The smallest absolute Gasteiger partial charge is 0.309 e. The van der Waals surface area contributed by atoms with Gasteiger partial charge in [-0.05, 0) is 89.9 Å². The number of unbranched alkanes of at least 4 members (excludes halogenated alkanes) is 22. The first-order chi connectivity index (χ1) is 39.0. The van der Waals surface area contributed by atoms with Gasteiger partial charge in [0.1, 0.15) is 19.8 Å². The molecule has 0 aliphatic rings. The van der Waals surface area contributed by atoms with E-state index < -0.39 is 32.5 Å². The monoisotopic (exact) mass is 1130 g/mol. The lowest BCUT2D eigenvalue weighted by molar-refractivity contribution is -0.870. The number of rotatable bonds is 57. The SMILES string of the molecule is CC/C=C\C/C=C\C/C=C\C/C=C\C/C=C\C/C=C\CCCCCCCCCCCCCCCCCCCCCCCCC(=O)OC(COC(=O)C/C=C\C/C=C\C/C=C\C/C=C\C/C=C\CC)COP(=O)([O-])OCC[N+](C)(C)C. The summed E-state index contributed by atoms with van der Waals surface area (Å²) in [7, 11) is 1.11.